The SMILES string of the molecule is CC.CC(N)CC(=O)O. The summed E-state index contributed by atoms with van der Waals surface area (Å²) in [7, 11) is 0. The first-order valence-electron chi connectivity index (χ1n) is 3.10. The number of aliphatic carboxylic acids is 1. The minimum atomic E-state index is -0.838. The maximum Gasteiger partial charge on any atom is 0.304 e. The lowest BCUT2D eigenvalue weighted by molar-refractivity contribution is -0.137. The molecule has 0 rings (SSSR count). The van der Waals surface area contributed by atoms with Gasteiger partial charge in [-0.05, 0) is 6.92 Å². The Kier molecular flexibility index (Phi) is 9.29. The van der Waals surface area contributed by atoms with E-state index in [0.29, 0.717) is 0 Å². The monoisotopic (exact) mass is 133 g/mol. The third kappa shape index (κ3) is 18.6. The molecule has 3 nitrogen and oxygen atoms in total. The fourth-order valence-electron chi connectivity index (χ4n) is 0.275. The van der Waals surface area contributed by atoms with Gasteiger partial charge in [0.2, 0.25) is 0 Å². The van der Waals surface area contributed by atoms with Crippen molar-refractivity contribution in [3.8, 4) is 0 Å². The zero-order valence-corrected chi connectivity index (χ0v) is 6.22. The maximum absolute atomic E-state index is 9.73. The van der Waals surface area contributed by atoms with Gasteiger partial charge in [-0.1, -0.05) is 13.8 Å². The molecule has 9 heavy (non-hydrogen) atoms. The third-order valence-corrected chi connectivity index (χ3v) is 0.497. The topological polar surface area (TPSA) is 63.3 Å². The summed E-state index contributed by atoms with van der Waals surface area (Å²) in [5.74, 6) is -0.838. The van der Waals surface area contributed by atoms with E-state index in [4.69, 9.17) is 10.8 Å². The van der Waals surface area contributed by atoms with E-state index in [9.17, 15) is 4.79 Å². The number of rotatable bonds is 2. The molecule has 3 N–H and O–H groups in total. The minimum Gasteiger partial charge on any atom is -0.481 e. The van der Waals surface area contributed by atoms with Crippen LogP contribution in [0.4, 0.5) is 0 Å². The Morgan fingerprint density at radius 2 is 2.00 bits per heavy atom. The highest BCUT2D eigenvalue weighted by Crippen LogP contribution is 1.82. The lowest BCUT2D eigenvalue weighted by Gasteiger charge is -1.95. The zero-order valence-electron chi connectivity index (χ0n) is 6.22. The Labute approximate surface area is 55.9 Å². The molecule has 0 aliphatic heterocycles. The summed E-state index contributed by atoms with van der Waals surface area (Å²) < 4.78 is 0. The minimum absolute atomic E-state index is 0.0556. The molecule has 0 aromatic carbocycles. The molecule has 0 radical (unpaired) electrons. The van der Waals surface area contributed by atoms with E-state index in [2.05, 4.69) is 0 Å². The second-order valence-corrected chi connectivity index (χ2v) is 1.58. The molecule has 0 aromatic heterocycles. The van der Waals surface area contributed by atoms with Gasteiger partial charge in [-0.2, -0.15) is 0 Å². The van der Waals surface area contributed by atoms with Crippen LogP contribution in [-0.4, -0.2) is 17.1 Å². The second kappa shape index (κ2) is 7.43. The van der Waals surface area contributed by atoms with Crippen molar-refractivity contribution in [2.75, 3.05) is 0 Å². The zero-order chi connectivity index (χ0) is 7.86. The Morgan fingerprint density at radius 3 is 2.00 bits per heavy atom. The van der Waals surface area contributed by atoms with Gasteiger partial charge in [0.1, 0.15) is 0 Å². The second-order valence-electron chi connectivity index (χ2n) is 1.58. The molecular formula is C6H15NO2. The Hall–Kier alpha value is -0.570. The molecule has 0 aliphatic rings. The molecule has 0 aliphatic carbocycles. The van der Waals surface area contributed by atoms with Crippen molar-refractivity contribution in [3.05, 3.63) is 0 Å². The van der Waals surface area contributed by atoms with E-state index in [1.165, 1.54) is 0 Å². The first kappa shape index (κ1) is 11.3. The summed E-state index contributed by atoms with van der Waals surface area (Å²) in [5.41, 5.74) is 5.11. The number of carbonyl (C=O) groups is 1. The van der Waals surface area contributed by atoms with Crippen LogP contribution < -0.4 is 5.73 Å². The van der Waals surface area contributed by atoms with Gasteiger partial charge in [-0.3, -0.25) is 4.79 Å². The van der Waals surface area contributed by atoms with Gasteiger partial charge in [-0.25, -0.2) is 0 Å². The lowest BCUT2D eigenvalue weighted by atomic mass is 10.3. The average Bonchev–Trinajstić information content (AvgIpc) is 1.68. The largest absolute Gasteiger partial charge is 0.481 e. The molecule has 0 saturated carbocycles. The van der Waals surface area contributed by atoms with Crippen molar-refractivity contribution < 1.29 is 9.90 Å². The number of carboxylic acids is 1. The Bertz CT molecular complexity index is 71.5. The highest BCUT2D eigenvalue weighted by Gasteiger charge is 1.98. The summed E-state index contributed by atoms with van der Waals surface area (Å²) in [4.78, 5) is 9.73. The maximum atomic E-state index is 9.73. The molecule has 1 atom stereocenters. The molecule has 0 aromatic rings. The smallest absolute Gasteiger partial charge is 0.304 e. The van der Waals surface area contributed by atoms with Crippen molar-refractivity contribution in [1.82, 2.24) is 0 Å². The number of hydrogen-bond donors (Lipinski definition) is 2. The fourth-order valence-corrected chi connectivity index (χ4v) is 0.275. The molecule has 0 fully saturated rings. The van der Waals surface area contributed by atoms with Crippen LogP contribution in [0.25, 0.3) is 0 Å². The van der Waals surface area contributed by atoms with Crippen LogP contribution in [0.15, 0.2) is 0 Å². The van der Waals surface area contributed by atoms with E-state index in [0.717, 1.165) is 0 Å². The first-order chi connectivity index (χ1) is 4.13. The van der Waals surface area contributed by atoms with E-state index in [-0.39, 0.29) is 12.5 Å². The van der Waals surface area contributed by atoms with E-state index >= 15 is 0 Å². The first-order valence-corrected chi connectivity index (χ1v) is 3.10. The predicted molar refractivity (Wildman–Crippen MR) is 37.3 cm³/mol. The Balaban J connectivity index is 0. The summed E-state index contributed by atoms with van der Waals surface area (Å²) in [6.07, 6.45) is 0.0556. The third-order valence-electron chi connectivity index (χ3n) is 0.497. The van der Waals surface area contributed by atoms with Crippen LogP contribution in [0.1, 0.15) is 27.2 Å². The lowest BCUT2D eigenvalue weighted by Crippen LogP contribution is -2.18. The molecule has 0 spiro atoms. The standard InChI is InChI=1S/C4H9NO2.C2H6/c1-3(5)2-4(6)7;1-2/h3H,2,5H2,1H3,(H,6,7);1-2H3. The molecule has 0 amide bonds. The summed E-state index contributed by atoms with van der Waals surface area (Å²) in [6, 6.07) is -0.225. The van der Waals surface area contributed by atoms with E-state index in [1.807, 2.05) is 13.8 Å². The van der Waals surface area contributed by atoms with Crippen LogP contribution in [0, 0.1) is 0 Å². The van der Waals surface area contributed by atoms with Gasteiger partial charge in [0.25, 0.3) is 0 Å². The van der Waals surface area contributed by atoms with Gasteiger partial charge >= 0.3 is 5.97 Å². The molecule has 56 valence electrons. The normalized spacial score (nSPS) is 11.1. The van der Waals surface area contributed by atoms with Crippen LogP contribution in [0.5, 0.6) is 0 Å². The van der Waals surface area contributed by atoms with Crippen molar-refractivity contribution in [3.63, 3.8) is 0 Å². The Morgan fingerprint density at radius 1 is 1.67 bits per heavy atom. The van der Waals surface area contributed by atoms with E-state index < -0.39 is 5.97 Å². The highest BCUT2D eigenvalue weighted by molar-refractivity contribution is 5.67. The fraction of sp³-hybridized carbons (Fsp3) is 0.833. The van der Waals surface area contributed by atoms with Crippen molar-refractivity contribution in [2.45, 2.75) is 33.2 Å². The van der Waals surface area contributed by atoms with Gasteiger partial charge in [0.05, 0.1) is 6.42 Å². The van der Waals surface area contributed by atoms with Crippen LogP contribution in [-0.2, 0) is 4.79 Å². The molecule has 1 unspecified atom stereocenters. The van der Waals surface area contributed by atoms with Gasteiger partial charge in [-0.15, -0.1) is 0 Å². The van der Waals surface area contributed by atoms with Crippen molar-refractivity contribution in [2.24, 2.45) is 5.73 Å². The van der Waals surface area contributed by atoms with Gasteiger partial charge in [0, 0.05) is 6.04 Å². The number of hydrogen-bond acceptors (Lipinski definition) is 2. The predicted octanol–water partition coefficient (Wildman–Crippen LogP) is 0.835. The van der Waals surface area contributed by atoms with Crippen molar-refractivity contribution in [1.29, 1.82) is 0 Å². The van der Waals surface area contributed by atoms with Crippen LogP contribution >= 0.6 is 0 Å². The van der Waals surface area contributed by atoms with Crippen LogP contribution in [0.3, 0.4) is 0 Å². The average molecular weight is 133 g/mol. The summed E-state index contributed by atoms with van der Waals surface area (Å²) >= 11 is 0. The molecular weight excluding hydrogens is 118 g/mol. The molecule has 0 bridgehead atoms. The van der Waals surface area contributed by atoms with Gasteiger partial charge < -0.3 is 10.8 Å². The van der Waals surface area contributed by atoms with Crippen LogP contribution in [0.2, 0.25) is 0 Å². The van der Waals surface area contributed by atoms with Crippen molar-refractivity contribution >= 4 is 5.97 Å². The summed E-state index contributed by atoms with van der Waals surface area (Å²) in [6.45, 7) is 5.66. The molecule has 0 saturated heterocycles. The quantitative estimate of drug-likeness (QED) is 0.586. The molecule has 0 heterocycles. The number of nitrogens with two attached hydrogens (primary N) is 1. The van der Waals surface area contributed by atoms with E-state index in [1.54, 1.807) is 6.92 Å². The van der Waals surface area contributed by atoms with Gasteiger partial charge in [0.15, 0.2) is 0 Å². The molecule has 3 heteroatoms. The highest BCUT2D eigenvalue weighted by atomic mass is 16.4. The number of carboxylic acid groups (broad SMARTS) is 1. The summed E-state index contributed by atoms with van der Waals surface area (Å²) in [5, 5.41) is 8.00.